The van der Waals surface area contributed by atoms with E-state index in [0.29, 0.717) is 24.0 Å². The summed E-state index contributed by atoms with van der Waals surface area (Å²) in [4.78, 5) is 4.35. The highest BCUT2D eigenvalue weighted by Gasteiger charge is 2.13. The number of rotatable bonds is 9. The topological polar surface area (TPSA) is 127 Å². The predicted octanol–water partition coefficient (Wildman–Crippen LogP) is 2.19. The minimum atomic E-state index is -3.61. The van der Waals surface area contributed by atoms with Crippen LogP contribution in [0.4, 0.5) is 17.5 Å². The zero-order valence-corrected chi connectivity index (χ0v) is 17.2. The number of nitrogens with one attached hydrogen (secondary N) is 3. The maximum atomic E-state index is 12.5. The lowest BCUT2D eigenvalue weighted by molar-refractivity contribution is 0.583. The van der Waals surface area contributed by atoms with Crippen LogP contribution in [0.2, 0.25) is 0 Å². The molecule has 10 nitrogen and oxygen atoms in total. The van der Waals surface area contributed by atoms with Crippen LogP contribution in [-0.2, 0) is 10.0 Å². The van der Waals surface area contributed by atoms with Crippen LogP contribution >= 0.6 is 0 Å². The Morgan fingerprint density at radius 2 is 1.61 bits per heavy atom. The Balaban J connectivity index is 1.26. The smallest absolute Gasteiger partial charge is 0.240 e. The molecule has 4 aromatic rings. The molecule has 0 bridgehead atoms. The Bertz CT molecular complexity index is 1200. The molecule has 0 aliphatic rings. The predicted molar refractivity (Wildman–Crippen MR) is 117 cm³/mol. The Kier molecular flexibility index (Phi) is 6.15. The Morgan fingerprint density at radius 1 is 0.806 bits per heavy atom. The standard InChI is InChI=1S/C20H20N8O2S/c29-31(30,17-7-5-16(6-8-17)28-15-3-12-23-28)24-14-13-22-19-9-10-20(27-26-19)25-18-4-1-2-11-21-18/h1-12,15,24H,13-14H2,(H,22,26)(H,21,25,27). The van der Waals surface area contributed by atoms with Gasteiger partial charge in [0.1, 0.15) is 11.6 Å². The van der Waals surface area contributed by atoms with Crippen molar-refractivity contribution < 1.29 is 8.42 Å². The van der Waals surface area contributed by atoms with Crippen LogP contribution in [0, 0.1) is 0 Å². The van der Waals surface area contributed by atoms with Gasteiger partial charge in [0.2, 0.25) is 10.0 Å². The molecule has 1 aromatic carbocycles. The lowest BCUT2D eigenvalue weighted by Crippen LogP contribution is -2.29. The number of anilines is 3. The lowest BCUT2D eigenvalue weighted by atomic mass is 10.3. The largest absolute Gasteiger partial charge is 0.367 e. The molecule has 31 heavy (non-hydrogen) atoms. The summed E-state index contributed by atoms with van der Waals surface area (Å²) in [5, 5.41) is 18.3. The van der Waals surface area contributed by atoms with E-state index in [4.69, 9.17) is 0 Å². The van der Waals surface area contributed by atoms with Crippen molar-refractivity contribution in [2.45, 2.75) is 4.90 Å². The van der Waals surface area contributed by atoms with E-state index in [9.17, 15) is 8.42 Å². The molecule has 0 spiro atoms. The second-order valence-corrected chi connectivity index (χ2v) is 8.18. The highest BCUT2D eigenvalue weighted by atomic mass is 32.2. The molecule has 11 heteroatoms. The summed E-state index contributed by atoms with van der Waals surface area (Å²) in [7, 11) is -3.61. The summed E-state index contributed by atoms with van der Waals surface area (Å²) < 4.78 is 29.1. The van der Waals surface area contributed by atoms with Gasteiger partial charge in [-0.1, -0.05) is 6.07 Å². The normalized spacial score (nSPS) is 11.2. The summed E-state index contributed by atoms with van der Waals surface area (Å²) in [6.07, 6.45) is 5.13. The average Bonchev–Trinajstić information content (AvgIpc) is 3.34. The van der Waals surface area contributed by atoms with E-state index in [1.165, 1.54) is 0 Å². The highest BCUT2D eigenvalue weighted by Crippen LogP contribution is 2.13. The molecule has 4 rings (SSSR count). The van der Waals surface area contributed by atoms with E-state index < -0.39 is 10.0 Å². The molecule has 0 fully saturated rings. The quantitative estimate of drug-likeness (QED) is 0.341. The van der Waals surface area contributed by atoms with E-state index in [1.54, 1.807) is 65.7 Å². The minimum absolute atomic E-state index is 0.188. The summed E-state index contributed by atoms with van der Waals surface area (Å²) in [5.74, 6) is 1.77. The molecule has 0 unspecified atom stereocenters. The third kappa shape index (κ3) is 5.41. The number of hydrogen-bond donors (Lipinski definition) is 3. The van der Waals surface area contributed by atoms with Gasteiger partial charge in [-0.3, -0.25) is 0 Å². The summed E-state index contributed by atoms with van der Waals surface area (Å²) in [5.41, 5.74) is 0.783. The van der Waals surface area contributed by atoms with E-state index in [0.717, 1.165) is 5.69 Å². The molecule has 0 saturated heterocycles. The number of nitrogens with zero attached hydrogens (tertiary/aromatic N) is 5. The monoisotopic (exact) mass is 436 g/mol. The van der Waals surface area contributed by atoms with Crippen LogP contribution in [0.3, 0.4) is 0 Å². The van der Waals surface area contributed by atoms with Gasteiger partial charge in [0.15, 0.2) is 5.82 Å². The molecule has 3 heterocycles. The molecule has 0 amide bonds. The van der Waals surface area contributed by atoms with Crippen LogP contribution in [0.5, 0.6) is 0 Å². The first-order valence-electron chi connectivity index (χ1n) is 9.46. The summed E-state index contributed by atoms with van der Waals surface area (Å²) in [6, 6.07) is 17.3. The number of aromatic nitrogens is 5. The fraction of sp³-hybridized carbons (Fsp3) is 0.100. The molecular formula is C20H20N8O2S. The van der Waals surface area contributed by atoms with E-state index in [1.807, 2.05) is 18.2 Å². The van der Waals surface area contributed by atoms with Gasteiger partial charge in [0.05, 0.1) is 10.6 Å². The first-order valence-corrected chi connectivity index (χ1v) is 10.9. The van der Waals surface area contributed by atoms with Crippen molar-refractivity contribution >= 4 is 27.5 Å². The van der Waals surface area contributed by atoms with Crippen LogP contribution in [0.15, 0.2) is 84.1 Å². The van der Waals surface area contributed by atoms with Crippen LogP contribution in [0.25, 0.3) is 5.69 Å². The highest BCUT2D eigenvalue weighted by molar-refractivity contribution is 7.89. The van der Waals surface area contributed by atoms with Crippen molar-refractivity contribution in [1.82, 2.24) is 29.7 Å². The van der Waals surface area contributed by atoms with Crippen molar-refractivity contribution in [3.63, 3.8) is 0 Å². The average molecular weight is 437 g/mol. The SMILES string of the molecule is O=S(=O)(NCCNc1ccc(Nc2ccccn2)nn1)c1ccc(-n2cccn2)cc1. The Labute approximate surface area is 179 Å². The van der Waals surface area contributed by atoms with E-state index in [-0.39, 0.29) is 11.4 Å². The van der Waals surface area contributed by atoms with Crippen LogP contribution in [0.1, 0.15) is 0 Å². The molecule has 3 N–H and O–H groups in total. The number of hydrogen-bond acceptors (Lipinski definition) is 8. The van der Waals surface area contributed by atoms with E-state index in [2.05, 4.69) is 35.6 Å². The van der Waals surface area contributed by atoms with Crippen LogP contribution in [-0.4, -0.2) is 46.5 Å². The fourth-order valence-corrected chi connectivity index (χ4v) is 3.75. The Hall–Kier alpha value is -3.83. The second kappa shape index (κ2) is 9.32. The van der Waals surface area contributed by atoms with Gasteiger partial charge in [-0.2, -0.15) is 5.10 Å². The van der Waals surface area contributed by atoms with Crippen molar-refractivity contribution in [3.8, 4) is 5.69 Å². The van der Waals surface area contributed by atoms with Crippen molar-refractivity contribution in [3.05, 3.63) is 79.3 Å². The third-order valence-corrected chi connectivity index (χ3v) is 5.70. The van der Waals surface area contributed by atoms with Gasteiger partial charge in [0, 0.05) is 31.7 Å². The number of benzene rings is 1. The van der Waals surface area contributed by atoms with Gasteiger partial charge < -0.3 is 10.6 Å². The van der Waals surface area contributed by atoms with Crippen molar-refractivity contribution in [2.75, 3.05) is 23.7 Å². The molecule has 0 aliphatic heterocycles. The third-order valence-electron chi connectivity index (χ3n) is 4.22. The maximum Gasteiger partial charge on any atom is 0.240 e. The van der Waals surface area contributed by atoms with Gasteiger partial charge in [0.25, 0.3) is 0 Å². The summed E-state index contributed by atoms with van der Waals surface area (Å²) >= 11 is 0. The molecule has 0 radical (unpaired) electrons. The Morgan fingerprint density at radius 3 is 2.29 bits per heavy atom. The zero-order chi connectivity index (χ0) is 21.5. The fourth-order valence-electron chi connectivity index (χ4n) is 2.72. The number of sulfonamides is 1. The molecule has 0 saturated carbocycles. The summed E-state index contributed by atoms with van der Waals surface area (Å²) in [6.45, 7) is 0.547. The molecular weight excluding hydrogens is 416 g/mol. The molecule has 0 aliphatic carbocycles. The molecule has 0 atom stereocenters. The van der Waals surface area contributed by atoms with Gasteiger partial charge in [-0.15, -0.1) is 10.2 Å². The minimum Gasteiger partial charge on any atom is -0.367 e. The van der Waals surface area contributed by atoms with Gasteiger partial charge >= 0.3 is 0 Å². The van der Waals surface area contributed by atoms with Crippen LogP contribution < -0.4 is 15.4 Å². The number of pyridine rings is 1. The lowest BCUT2D eigenvalue weighted by Gasteiger charge is -2.09. The first-order chi connectivity index (χ1) is 15.1. The molecule has 158 valence electrons. The van der Waals surface area contributed by atoms with Gasteiger partial charge in [-0.25, -0.2) is 22.8 Å². The first kappa shape index (κ1) is 20.4. The maximum absolute atomic E-state index is 12.5. The van der Waals surface area contributed by atoms with Crippen molar-refractivity contribution in [2.24, 2.45) is 0 Å². The molecule has 3 aromatic heterocycles. The van der Waals surface area contributed by atoms with Crippen molar-refractivity contribution in [1.29, 1.82) is 0 Å². The van der Waals surface area contributed by atoms with Gasteiger partial charge in [-0.05, 0) is 54.6 Å². The second-order valence-electron chi connectivity index (χ2n) is 6.41. The zero-order valence-electron chi connectivity index (χ0n) is 16.4. The van der Waals surface area contributed by atoms with E-state index >= 15 is 0 Å².